The van der Waals surface area contributed by atoms with E-state index in [4.69, 9.17) is 5.11 Å². The van der Waals surface area contributed by atoms with E-state index in [0.717, 1.165) is 0 Å². The zero-order chi connectivity index (χ0) is 77.2. The lowest BCUT2D eigenvalue weighted by Crippen LogP contribution is -2.58. The number of nitrogens with one attached hydrogen (secondary N) is 8. The highest BCUT2D eigenvalue weighted by Gasteiger charge is 2.56. The SMILES string of the molecule is CC(C)(C)[Si](F)(c1ccc(C(=O)NC[C@@H](NC(=O)CC[C@@H](C(=O)O)N2CCN(CC(=O)O)CCN(CC(=O)O)CCN(CC(=O)O)CC2)C(=O)N[C@H](CCCCNC(=O)CCC(=O)NCCC[C@@H](NC(=O)CC[C@H](NC(=O)N[C@@H](CCC(=O)O)C(=O)O)C(=O)O)C(=O)O)C(=O)O)cc1)C(C)(C)C. The highest BCUT2D eigenvalue weighted by Crippen LogP contribution is 2.51. The van der Waals surface area contributed by atoms with Crippen molar-refractivity contribution >= 4 is 109 Å². The number of benzene rings is 1. The monoisotopic (exact) mass is 1470 g/mol. The van der Waals surface area contributed by atoms with Gasteiger partial charge in [0, 0.05) is 110 Å². The standard InChI is InChI=1S/C63H99FN12O25Si/c1-62(2,3)102(64,63(4,5)6)39-14-12-38(13-15-39)54(89)67-34-44(69-49(80)20-18-45(60(99)100)76-32-30-74(36-52(85)86)28-26-73(35-51(83)84)27-29-75(31-33-76)37-53(87)88)55(90)70-41(57(93)94)10-7-8-24-65-46(77)21-22-47(78)66-25-9-11-40(56(91)92)68-48(79)19-16-42(58(95)96)71-61(101)72-43(59(97)98)17-23-50(81)82/h12-15,40-45H,7-11,16-37H2,1-6H3,(H,65,77)(H,66,78)(H,67,89)(H,68,79)(H,69,80)(H,70,90)(H,81,82)(H,83,84)(H,85,86)(H,87,88)(H,91,92)(H,93,94)(H,95,96)(H,97,98)(H,99,100)(H2,71,72,101)/t40-,41-,42+,43+,44-,45+/m1/s1. The Labute approximate surface area is 588 Å². The van der Waals surface area contributed by atoms with E-state index in [9.17, 15) is 118 Å². The largest absolute Gasteiger partial charge is 0.481 e. The lowest BCUT2D eigenvalue weighted by atomic mass is 10.1. The number of carboxylic acids is 9. The molecule has 0 bridgehead atoms. The Balaban J connectivity index is 2.15. The van der Waals surface area contributed by atoms with Gasteiger partial charge in [-0.3, -0.25) is 72.3 Å². The van der Waals surface area contributed by atoms with Crippen LogP contribution < -0.4 is 47.7 Å². The number of unbranched alkanes of at least 4 members (excludes halogenated alkanes) is 1. The van der Waals surface area contributed by atoms with E-state index in [0.29, 0.717) is 5.19 Å². The van der Waals surface area contributed by atoms with Crippen molar-refractivity contribution in [3.8, 4) is 0 Å². The van der Waals surface area contributed by atoms with Gasteiger partial charge in [0.1, 0.15) is 36.3 Å². The van der Waals surface area contributed by atoms with Gasteiger partial charge in [-0.2, -0.15) is 0 Å². The summed E-state index contributed by atoms with van der Waals surface area (Å²) in [6.07, 6.45) is -4.25. The molecular weight excluding hydrogens is 1370 g/mol. The van der Waals surface area contributed by atoms with Crippen LogP contribution in [0.15, 0.2) is 24.3 Å². The van der Waals surface area contributed by atoms with Gasteiger partial charge in [-0.25, -0.2) is 24.0 Å². The van der Waals surface area contributed by atoms with Gasteiger partial charge in [0.25, 0.3) is 14.3 Å². The lowest BCUT2D eigenvalue weighted by Gasteiger charge is -2.44. The van der Waals surface area contributed by atoms with Crippen molar-refractivity contribution in [3.05, 3.63) is 29.8 Å². The second-order valence-corrected chi connectivity index (χ2v) is 31.5. The number of urea groups is 1. The fraction of sp³-hybridized carbons (Fsp3) is 0.651. The molecule has 0 unspecified atom stereocenters. The molecule has 1 saturated heterocycles. The molecule has 1 aliphatic heterocycles. The molecular formula is C63H99FN12O25Si. The molecule has 1 aliphatic rings. The van der Waals surface area contributed by atoms with Crippen LogP contribution in [0.3, 0.4) is 0 Å². The first-order chi connectivity index (χ1) is 47.5. The van der Waals surface area contributed by atoms with Gasteiger partial charge in [-0.15, -0.1) is 0 Å². The quantitative estimate of drug-likeness (QED) is 0.0197. The first kappa shape index (κ1) is 88.6. The lowest BCUT2D eigenvalue weighted by molar-refractivity contribution is -0.145. The molecule has 1 aromatic carbocycles. The van der Waals surface area contributed by atoms with Crippen molar-refractivity contribution in [2.75, 3.05) is 91.6 Å². The molecule has 1 aromatic rings. The van der Waals surface area contributed by atoms with Crippen LogP contribution in [0.4, 0.5) is 8.90 Å². The molecule has 6 atom stereocenters. The number of hydrogen-bond acceptors (Lipinski definition) is 20. The molecule has 1 heterocycles. The third kappa shape index (κ3) is 32.9. The summed E-state index contributed by atoms with van der Waals surface area (Å²) in [6.45, 7) is 8.44. The predicted molar refractivity (Wildman–Crippen MR) is 359 cm³/mol. The zero-order valence-electron chi connectivity index (χ0n) is 58.1. The van der Waals surface area contributed by atoms with E-state index in [1.54, 1.807) is 41.5 Å². The summed E-state index contributed by atoms with van der Waals surface area (Å²) in [5.74, 6) is -17.5. The van der Waals surface area contributed by atoms with E-state index in [-0.39, 0.29) is 116 Å². The molecule has 0 aliphatic carbocycles. The molecule has 17 N–H and O–H groups in total. The Bertz CT molecular complexity index is 3050. The summed E-state index contributed by atoms with van der Waals surface area (Å²) in [4.78, 5) is 205. The summed E-state index contributed by atoms with van der Waals surface area (Å²) in [5.41, 5.74) is 0.0380. The molecule has 0 saturated carbocycles. The van der Waals surface area contributed by atoms with Crippen molar-refractivity contribution in [1.29, 1.82) is 0 Å². The maximum absolute atomic E-state index is 17.1. The minimum atomic E-state index is -3.77. The van der Waals surface area contributed by atoms with Crippen LogP contribution in [-0.2, 0) is 67.1 Å². The molecule has 0 radical (unpaired) electrons. The molecule has 2 rings (SSSR count). The van der Waals surface area contributed by atoms with E-state index < -0.39 is 215 Å². The summed E-state index contributed by atoms with van der Waals surface area (Å²) in [7, 11) is -3.77. The van der Waals surface area contributed by atoms with Crippen LogP contribution >= 0.6 is 0 Å². The summed E-state index contributed by atoms with van der Waals surface area (Å²) in [6, 6.07) is -5.18. The van der Waals surface area contributed by atoms with Crippen LogP contribution in [0.2, 0.25) is 10.1 Å². The highest BCUT2D eigenvalue weighted by molar-refractivity contribution is 6.90. The maximum Gasteiger partial charge on any atom is 0.326 e. The van der Waals surface area contributed by atoms with Gasteiger partial charge in [0.15, 0.2) is 0 Å². The predicted octanol–water partition coefficient (Wildman–Crippen LogP) is -1.72. The van der Waals surface area contributed by atoms with Gasteiger partial charge in [-0.05, 0) is 78.8 Å². The number of hydrogen-bond donors (Lipinski definition) is 17. The Morgan fingerprint density at radius 1 is 0.412 bits per heavy atom. The number of rotatable bonds is 43. The Morgan fingerprint density at radius 3 is 1.21 bits per heavy atom. The van der Waals surface area contributed by atoms with Crippen LogP contribution in [0.1, 0.15) is 135 Å². The fourth-order valence-corrected chi connectivity index (χ4v) is 16.0. The molecule has 102 heavy (non-hydrogen) atoms. The second kappa shape index (κ2) is 43.4. The van der Waals surface area contributed by atoms with Gasteiger partial charge in [0.2, 0.25) is 29.5 Å². The smallest absolute Gasteiger partial charge is 0.326 e. The third-order valence-corrected chi connectivity index (χ3v) is 21.9. The van der Waals surface area contributed by atoms with Gasteiger partial charge < -0.3 is 92.6 Å². The fourth-order valence-electron chi connectivity index (χ4n) is 11.4. The van der Waals surface area contributed by atoms with E-state index in [1.807, 2.05) is 10.6 Å². The van der Waals surface area contributed by atoms with Gasteiger partial charge >= 0.3 is 59.8 Å². The molecule has 0 aromatic heterocycles. The van der Waals surface area contributed by atoms with Crippen molar-refractivity contribution in [2.45, 2.75) is 171 Å². The number of aliphatic carboxylic acids is 9. The van der Waals surface area contributed by atoms with Crippen LogP contribution in [0.5, 0.6) is 0 Å². The zero-order valence-corrected chi connectivity index (χ0v) is 59.1. The second-order valence-electron chi connectivity index (χ2n) is 26.6. The summed E-state index contributed by atoms with van der Waals surface area (Å²) < 4.78 is 17.1. The Kier molecular flexibility index (Phi) is 37.7. The molecule has 0 spiro atoms. The van der Waals surface area contributed by atoms with Crippen LogP contribution in [0, 0.1) is 0 Å². The first-order valence-corrected chi connectivity index (χ1v) is 34.9. The summed E-state index contributed by atoms with van der Waals surface area (Å²) in [5, 5.41) is 104. The van der Waals surface area contributed by atoms with E-state index in [1.165, 1.54) is 43.9 Å². The molecule has 1 fully saturated rings. The topological polar surface area (TPSA) is 564 Å². The average Bonchev–Trinajstić information content (AvgIpc) is 0.748. The normalized spacial score (nSPS) is 15.6. The number of halogens is 1. The first-order valence-electron chi connectivity index (χ1n) is 33.0. The Morgan fingerprint density at radius 2 is 0.794 bits per heavy atom. The maximum atomic E-state index is 17.1. The molecule has 37 nitrogen and oxygen atoms in total. The van der Waals surface area contributed by atoms with Crippen LogP contribution in [-0.4, -0.2) is 297 Å². The van der Waals surface area contributed by atoms with Crippen molar-refractivity contribution in [2.24, 2.45) is 0 Å². The number of carbonyl (C=O) groups excluding carboxylic acids is 7. The number of amides is 8. The van der Waals surface area contributed by atoms with Crippen molar-refractivity contribution in [3.63, 3.8) is 0 Å². The van der Waals surface area contributed by atoms with Crippen molar-refractivity contribution < 1.29 is 127 Å². The number of carboxylic acid groups (broad SMARTS) is 9. The number of carbonyl (C=O) groups is 16. The summed E-state index contributed by atoms with van der Waals surface area (Å²) >= 11 is 0. The number of nitrogens with zero attached hydrogens (tertiary/aromatic N) is 4. The van der Waals surface area contributed by atoms with E-state index >= 15 is 4.11 Å². The van der Waals surface area contributed by atoms with Gasteiger partial charge in [0.05, 0.1) is 19.6 Å². The highest BCUT2D eigenvalue weighted by atomic mass is 28.4. The minimum absolute atomic E-state index is 0.00207. The van der Waals surface area contributed by atoms with Gasteiger partial charge in [-0.1, -0.05) is 53.7 Å². The molecule has 8 amide bonds. The third-order valence-electron chi connectivity index (χ3n) is 16.6. The average molecular weight is 1470 g/mol. The van der Waals surface area contributed by atoms with Crippen LogP contribution in [0.25, 0.3) is 0 Å². The van der Waals surface area contributed by atoms with E-state index in [2.05, 4.69) is 31.9 Å². The minimum Gasteiger partial charge on any atom is -0.481 e. The Hall–Kier alpha value is -9.47. The van der Waals surface area contributed by atoms with Crippen molar-refractivity contribution in [1.82, 2.24) is 62.1 Å². The molecule has 39 heteroatoms. The molecule has 572 valence electrons.